The summed E-state index contributed by atoms with van der Waals surface area (Å²) in [5, 5.41) is 2.61. The van der Waals surface area contributed by atoms with Crippen molar-refractivity contribution in [2.75, 3.05) is 26.2 Å². The van der Waals surface area contributed by atoms with Crippen molar-refractivity contribution < 1.29 is 19.1 Å². The lowest BCUT2D eigenvalue weighted by Gasteiger charge is -2.24. The minimum atomic E-state index is -0.373. The van der Waals surface area contributed by atoms with Gasteiger partial charge in [-0.2, -0.15) is 0 Å². The molecule has 2 aliphatic rings. The van der Waals surface area contributed by atoms with Crippen LogP contribution in [0, 0.1) is 0 Å². The van der Waals surface area contributed by atoms with E-state index < -0.39 is 0 Å². The fraction of sp³-hybridized carbons (Fsp3) is 0.818. The molecule has 17 heavy (non-hydrogen) atoms. The number of nitrogens with one attached hydrogen (secondary N) is 1. The van der Waals surface area contributed by atoms with Gasteiger partial charge >= 0.3 is 12.1 Å². The van der Waals surface area contributed by atoms with Gasteiger partial charge in [0.25, 0.3) is 0 Å². The van der Waals surface area contributed by atoms with Gasteiger partial charge in [-0.15, -0.1) is 0 Å². The lowest BCUT2D eigenvalue weighted by molar-refractivity contribution is -0.148. The maximum atomic E-state index is 11.7. The van der Waals surface area contributed by atoms with Gasteiger partial charge in [-0.05, 0) is 26.3 Å². The highest BCUT2D eigenvalue weighted by atomic mass is 16.6. The number of nitrogens with zero attached hydrogens (tertiary/aromatic N) is 1. The number of hydrogen-bond acceptors (Lipinski definition) is 5. The zero-order valence-electron chi connectivity index (χ0n) is 9.98. The summed E-state index contributed by atoms with van der Waals surface area (Å²) >= 11 is 0. The lowest BCUT2D eigenvalue weighted by Crippen LogP contribution is -2.42. The molecule has 1 N–H and O–H groups in total. The molecule has 0 spiro atoms. The van der Waals surface area contributed by atoms with Gasteiger partial charge in [-0.3, -0.25) is 9.69 Å². The third-order valence-corrected chi connectivity index (χ3v) is 3.11. The van der Waals surface area contributed by atoms with E-state index in [0.717, 1.165) is 19.4 Å². The smallest absolute Gasteiger partial charge is 0.407 e. The Morgan fingerprint density at radius 3 is 3.12 bits per heavy atom. The zero-order valence-corrected chi connectivity index (χ0v) is 9.98. The van der Waals surface area contributed by atoms with Crippen molar-refractivity contribution in [3.8, 4) is 0 Å². The van der Waals surface area contributed by atoms with E-state index in [9.17, 15) is 9.59 Å². The third-order valence-electron chi connectivity index (χ3n) is 3.11. The van der Waals surface area contributed by atoms with Crippen LogP contribution in [-0.4, -0.2) is 55.3 Å². The number of carbonyl (C=O) groups excluding carboxylic acids is 2. The van der Waals surface area contributed by atoms with E-state index in [1.165, 1.54) is 0 Å². The number of carbonyl (C=O) groups is 2. The van der Waals surface area contributed by atoms with E-state index in [1.807, 2.05) is 4.90 Å². The van der Waals surface area contributed by atoms with E-state index in [2.05, 4.69) is 5.32 Å². The maximum absolute atomic E-state index is 11.7. The summed E-state index contributed by atoms with van der Waals surface area (Å²) in [4.78, 5) is 24.7. The number of cyclic esters (lactones) is 1. The summed E-state index contributed by atoms with van der Waals surface area (Å²) in [6.45, 7) is 4.19. The van der Waals surface area contributed by atoms with Crippen LogP contribution in [0.5, 0.6) is 0 Å². The summed E-state index contributed by atoms with van der Waals surface area (Å²) in [5.41, 5.74) is 0. The highest BCUT2D eigenvalue weighted by Gasteiger charge is 2.35. The predicted octanol–water partition coefficient (Wildman–Crippen LogP) is 0.122. The summed E-state index contributed by atoms with van der Waals surface area (Å²) in [6, 6.07) is -0.172. The first-order valence-electron chi connectivity index (χ1n) is 6.06. The first-order valence-corrected chi connectivity index (χ1v) is 6.06. The average Bonchev–Trinajstić information content (AvgIpc) is 2.89. The molecule has 2 unspecified atom stereocenters. The van der Waals surface area contributed by atoms with E-state index in [0.29, 0.717) is 19.7 Å². The van der Waals surface area contributed by atoms with Crippen LogP contribution in [0.25, 0.3) is 0 Å². The van der Waals surface area contributed by atoms with Crippen LogP contribution >= 0.6 is 0 Å². The Hall–Kier alpha value is -1.30. The number of alkyl carbamates (subject to hydrolysis) is 1. The number of amides is 1. The highest BCUT2D eigenvalue weighted by molar-refractivity contribution is 5.76. The quantitative estimate of drug-likeness (QED) is 0.709. The van der Waals surface area contributed by atoms with Crippen LogP contribution in [0.3, 0.4) is 0 Å². The fourth-order valence-corrected chi connectivity index (χ4v) is 2.35. The number of esters is 1. The minimum Gasteiger partial charge on any atom is -0.465 e. The van der Waals surface area contributed by atoms with E-state index >= 15 is 0 Å². The van der Waals surface area contributed by atoms with Crippen LogP contribution in [-0.2, 0) is 14.3 Å². The number of ether oxygens (including phenoxy) is 2. The number of hydrogen-bond donors (Lipinski definition) is 1. The molecule has 2 rings (SSSR count). The van der Waals surface area contributed by atoms with Crippen molar-refractivity contribution in [3.63, 3.8) is 0 Å². The van der Waals surface area contributed by atoms with Gasteiger partial charge in [0.2, 0.25) is 0 Å². The predicted molar refractivity (Wildman–Crippen MR) is 59.5 cm³/mol. The zero-order chi connectivity index (χ0) is 12.3. The molecule has 0 radical (unpaired) electrons. The summed E-state index contributed by atoms with van der Waals surface area (Å²) < 4.78 is 10.1. The van der Waals surface area contributed by atoms with Crippen LogP contribution in [0.15, 0.2) is 0 Å². The van der Waals surface area contributed by atoms with Crippen molar-refractivity contribution in [1.29, 1.82) is 0 Å². The van der Waals surface area contributed by atoms with Crippen molar-refractivity contribution >= 4 is 12.1 Å². The van der Waals surface area contributed by atoms with E-state index in [-0.39, 0.29) is 24.2 Å². The Morgan fingerprint density at radius 2 is 2.47 bits per heavy atom. The fourth-order valence-electron chi connectivity index (χ4n) is 2.35. The van der Waals surface area contributed by atoms with Crippen LogP contribution in [0.4, 0.5) is 4.79 Å². The normalized spacial score (nSPS) is 28.9. The molecule has 0 aromatic heterocycles. The Labute approximate surface area is 100 Å². The van der Waals surface area contributed by atoms with Gasteiger partial charge in [0.05, 0.1) is 13.2 Å². The molecule has 6 heteroatoms. The molecule has 2 aliphatic heterocycles. The summed E-state index contributed by atoms with van der Waals surface area (Å²) in [6.07, 6.45) is 1.28. The third kappa shape index (κ3) is 2.88. The topological polar surface area (TPSA) is 67.9 Å². The maximum Gasteiger partial charge on any atom is 0.407 e. The summed E-state index contributed by atoms with van der Waals surface area (Å²) in [5.74, 6) is -0.165. The molecule has 0 saturated carbocycles. The van der Waals surface area contributed by atoms with Crippen LogP contribution < -0.4 is 5.32 Å². The molecule has 0 aromatic rings. The van der Waals surface area contributed by atoms with Gasteiger partial charge in [0.1, 0.15) is 12.1 Å². The van der Waals surface area contributed by atoms with Crippen LogP contribution in [0.2, 0.25) is 0 Å². The van der Waals surface area contributed by atoms with E-state index in [4.69, 9.17) is 9.47 Å². The first kappa shape index (κ1) is 12.2. The van der Waals surface area contributed by atoms with Crippen molar-refractivity contribution in [3.05, 3.63) is 0 Å². The van der Waals surface area contributed by atoms with Crippen molar-refractivity contribution in [2.45, 2.75) is 31.9 Å². The van der Waals surface area contributed by atoms with Gasteiger partial charge in [-0.25, -0.2) is 4.79 Å². The molecule has 1 amide bonds. The van der Waals surface area contributed by atoms with Gasteiger partial charge in [0.15, 0.2) is 0 Å². The minimum absolute atomic E-state index is 0.155. The SMILES string of the molecule is CCOC(=O)C1CCCN1CC1CNC(=O)O1. The summed E-state index contributed by atoms with van der Waals surface area (Å²) in [7, 11) is 0. The monoisotopic (exact) mass is 242 g/mol. The molecule has 0 aliphatic carbocycles. The molecule has 0 aromatic carbocycles. The Balaban J connectivity index is 1.86. The highest BCUT2D eigenvalue weighted by Crippen LogP contribution is 2.19. The van der Waals surface area contributed by atoms with Crippen molar-refractivity contribution in [1.82, 2.24) is 10.2 Å². The molecular formula is C11H18N2O4. The van der Waals surface area contributed by atoms with Gasteiger partial charge in [0, 0.05) is 6.54 Å². The average molecular weight is 242 g/mol. The molecule has 2 fully saturated rings. The molecule has 6 nitrogen and oxygen atoms in total. The second-order valence-electron chi connectivity index (χ2n) is 4.31. The number of likely N-dealkylation sites (tertiary alicyclic amines) is 1. The first-order chi connectivity index (χ1) is 8.20. The lowest BCUT2D eigenvalue weighted by atomic mass is 10.2. The molecule has 2 saturated heterocycles. The van der Waals surface area contributed by atoms with E-state index in [1.54, 1.807) is 6.92 Å². The van der Waals surface area contributed by atoms with Gasteiger partial charge in [-0.1, -0.05) is 0 Å². The second kappa shape index (κ2) is 5.35. The standard InChI is InChI=1S/C11H18N2O4/c1-2-16-10(14)9-4-3-5-13(9)7-8-6-12-11(15)17-8/h8-9H,2-7H2,1H3,(H,12,15). The molecule has 96 valence electrons. The molecule has 2 atom stereocenters. The Bertz CT molecular complexity index is 308. The largest absolute Gasteiger partial charge is 0.465 e. The molecule has 2 heterocycles. The molecular weight excluding hydrogens is 224 g/mol. The Morgan fingerprint density at radius 1 is 1.65 bits per heavy atom. The second-order valence-corrected chi connectivity index (χ2v) is 4.31. The number of rotatable bonds is 4. The Kier molecular flexibility index (Phi) is 3.83. The molecule has 0 bridgehead atoms. The van der Waals surface area contributed by atoms with Crippen LogP contribution in [0.1, 0.15) is 19.8 Å². The van der Waals surface area contributed by atoms with Gasteiger partial charge < -0.3 is 14.8 Å². The van der Waals surface area contributed by atoms with Crippen molar-refractivity contribution in [2.24, 2.45) is 0 Å².